The lowest BCUT2D eigenvalue weighted by Crippen LogP contribution is -2.27. The molecule has 0 unspecified atom stereocenters. The van der Waals surface area contributed by atoms with Crippen molar-refractivity contribution < 1.29 is 9.21 Å². The molecular formula is C19H22BrN5O2. The third kappa shape index (κ3) is 4.21. The zero-order valence-electron chi connectivity index (χ0n) is 15.5. The van der Waals surface area contributed by atoms with Crippen LogP contribution >= 0.6 is 15.9 Å². The molecule has 0 aliphatic heterocycles. The molecule has 142 valence electrons. The molecule has 0 bridgehead atoms. The number of hydrogen-bond donors (Lipinski definition) is 3. The number of carbonyl (C=O) groups excluding carboxylic acids is 1. The lowest BCUT2D eigenvalue weighted by atomic mass is 9.75. The number of furan rings is 1. The quantitative estimate of drug-likeness (QED) is 0.390. The summed E-state index contributed by atoms with van der Waals surface area (Å²) in [7, 11) is 0. The molecule has 1 aromatic heterocycles. The minimum Gasteiger partial charge on any atom is -0.455 e. The molecule has 8 heteroatoms. The summed E-state index contributed by atoms with van der Waals surface area (Å²) < 4.78 is 6.89. The van der Waals surface area contributed by atoms with Crippen molar-refractivity contribution in [2.75, 3.05) is 5.32 Å². The third-order valence-corrected chi connectivity index (χ3v) is 4.92. The van der Waals surface area contributed by atoms with Gasteiger partial charge in [-0.15, -0.1) is 5.10 Å². The Balaban J connectivity index is 1.98. The molecule has 0 spiro atoms. The van der Waals surface area contributed by atoms with Crippen molar-refractivity contribution in [3.63, 3.8) is 0 Å². The van der Waals surface area contributed by atoms with E-state index >= 15 is 0 Å². The molecular weight excluding hydrogens is 410 g/mol. The Morgan fingerprint density at radius 1 is 1.22 bits per heavy atom. The van der Waals surface area contributed by atoms with Crippen LogP contribution in [0.5, 0.6) is 0 Å². The summed E-state index contributed by atoms with van der Waals surface area (Å²) in [6.07, 6.45) is 1.39. The molecule has 1 heterocycles. The largest absolute Gasteiger partial charge is 0.455 e. The molecule has 27 heavy (non-hydrogen) atoms. The average Bonchev–Trinajstić information content (AvgIpc) is 2.90. The Hall–Kier alpha value is -2.61. The number of hydrogen-bond acceptors (Lipinski definition) is 4. The van der Waals surface area contributed by atoms with Crippen molar-refractivity contribution in [2.45, 2.75) is 33.6 Å². The predicted octanol–water partition coefficient (Wildman–Crippen LogP) is 3.55. The normalized spacial score (nSPS) is 16.7. The molecule has 0 saturated carbocycles. The minimum absolute atomic E-state index is 0.0749. The van der Waals surface area contributed by atoms with Gasteiger partial charge in [-0.3, -0.25) is 4.79 Å². The number of nitrogens with zero attached hydrogens (tertiary/aromatic N) is 2. The van der Waals surface area contributed by atoms with Gasteiger partial charge >= 0.3 is 0 Å². The van der Waals surface area contributed by atoms with Crippen LogP contribution in [0.3, 0.4) is 0 Å². The topological polar surface area (TPSA) is 119 Å². The second-order valence-corrected chi connectivity index (χ2v) is 8.32. The number of rotatable bonds is 3. The van der Waals surface area contributed by atoms with Crippen LogP contribution < -0.4 is 16.8 Å². The van der Waals surface area contributed by atoms with Gasteiger partial charge in [0.05, 0.1) is 5.71 Å². The molecule has 7 nitrogen and oxygen atoms in total. The Morgan fingerprint density at radius 2 is 1.89 bits per heavy atom. The summed E-state index contributed by atoms with van der Waals surface area (Å²) in [6.45, 7) is 6.07. The van der Waals surface area contributed by atoms with Gasteiger partial charge < -0.3 is 21.2 Å². The van der Waals surface area contributed by atoms with Gasteiger partial charge in [-0.05, 0) is 43.0 Å². The molecule has 1 amide bonds. The molecule has 1 aliphatic carbocycles. The maximum atomic E-state index is 12.7. The van der Waals surface area contributed by atoms with E-state index in [1.54, 1.807) is 0 Å². The van der Waals surface area contributed by atoms with Crippen molar-refractivity contribution in [2.24, 2.45) is 27.1 Å². The van der Waals surface area contributed by atoms with Crippen LogP contribution in [0, 0.1) is 12.3 Å². The highest BCUT2D eigenvalue weighted by Crippen LogP contribution is 2.39. The Morgan fingerprint density at radius 3 is 2.52 bits per heavy atom. The van der Waals surface area contributed by atoms with E-state index in [1.165, 1.54) is 0 Å². The number of anilines is 1. The minimum atomic E-state index is -0.303. The van der Waals surface area contributed by atoms with Gasteiger partial charge in [-0.25, -0.2) is 0 Å². The standard InChI is InChI=1S/C19H22BrN5O2/c1-10-15-13(24-25-18(21)22)8-19(2,3)9-14(15)27-16(10)17(26)23-12-6-4-11(20)5-7-12/h4-7H,8-9H2,1-3H3,(H,23,26)(H4,21,22,25)/b24-13-. The molecule has 0 saturated heterocycles. The van der Waals surface area contributed by atoms with Crippen molar-refractivity contribution >= 4 is 39.2 Å². The maximum Gasteiger partial charge on any atom is 0.291 e. The molecule has 0 atom stereocenters. The molecule has 1 aliphatic rings. The zero-order valence-corrected chi connectivity index (χ0v) is 17.1. The Labute approximate surface area is 166 Å². The molecule has 5 N–H and O–H groups in total. The summed E-state index contributed by atoms with van der Waals surface area (Å²) in [5.74, 6) is 0.595. The molecule has 1 aromatic carbocycles. The number of amides is 1. The van der Waals surface area contributed by atoms with Gasteiger partial charge in [0.1, 0.15) is 5.76 Å². The Bertz CT molecular complexity index is 938. The lowest BCUT2D eigenvalue weighted by molar-refractivity contribution is 0.0993. The van der Waals surface area contributed by atoms with E-state index in [2.05, 4.69) is 45.3 Å². The summed E-state index contributed by atoms with van der Waals surface area (Å²) in [4.78, 5) is 12.7. The van der Waals surface area contributed by atoms with E-state index in [0.717, 1.165) is 27.1 Å². The zero-order chi connectivity index (χ0) is 19.8. The SMILES string of the molecule is Cc1c(C(=O)Nc2ccc(Br)cc2)oc2c1/C(=N\N=C(N)N)CC(C)(C)C2. The van der Waals surface area contributed by atoms with Gasteiger partial charge in [-0.1, -0.05) is 29.8 Å². The van der Waals surface area contributed by atoms with Crippen LogP contribution in [0.15, 0.2) is 43.4 Å². The maximum absolute atomic E-state index is 12.7. The summed E-state index contributed by atoms with van der Waals surface area (Å²) in [5.41, 5.74) is 13.7. The Kier molecular flexibility index (Phi) is 5.10. The number of guanidine groups is 1. The van der Waals surface area contributed by atoms with Gasteiger partial charge in [-0.2, -0.15) is 5.10 Å². The molecule has 3 rings (SSSR count). The fourth-order valence-corrected chi connectivity index (χ4v) is 3.52. The molecule has 0 fully saturated rings. The summed E-state index contributed by atoms with van der Waals surface area (Å²) in [5, 5.41) is 10.9. The first-order valence-electron chi connectivity index (χ1n) is 8.51. The van der Waals surface area contributed by atoms with Crippen molar-refractivity contribution in [1.29, 1.82) is 0 Å². The first-order chi connectivity index (χ1) is 12.7. The number of fused-ring (bicyclic) bond motifs is 1. The molecule has 2 aromatic rings. The monoisotopic (exact) mass is 431 g/mol. The second-order valence-electron chi connectivity index (χ2n) is 7.40. The van der Waals surface area contributed by atoms with Crippen LogP contribution in [0.2, 0.25) is 0 Å². The van der Waals surface area contributed by atoms with Gasteiger partial charge in [0.25, 0.3) is 5.91 Å². The van der Waals surface area contributed by atoms with E-state index < -0.39 is 0 Å². The van der Waals surface area contributed by atoms with Crippen LogP contribution in [-0.4, -0.2) is 17.6 Å². The second kappa shape index (κ2) is 7.19. The van der Waals surface area contributed by atoms with Gasteiger partial charge in [0.2, 0.25) is 5.96 Å². The van der Waals surface area contributed by atoms with Crippen molar-refractivity contribution in [3.05, 3.63) is 51.4 Å². The van der Waals surface area contributed by atoms with Gasteiger partial charge in [0, 0.05) is 27.7 Å². The number of nitrogens with two attached hydrogens (primary N) is 2. The van der Waals surface area contributed by atoms with Crippen molar-refractivity contribution in [3.8, 4) is 0 Å². The van der Waals surface area contributed by atoms with E-state index in [4.69, 9.17) is 15.9 Å². The summed E-state index contributed by atoms with van der Waals surface area (Å²) >= 11 is 3.38. The fraction of sp³-hybridized carbons (Fsp3) is 0.316. The van der Waals surface area contributed by atoms with E-state index in [9.17, 15) is 4.79 Å². The first kappa shape index (κ1) is 19.2. The highest BCUT2D eigenvalue weighted by Gasteiger charge is 2.36. The third-order valence-electron chi connectivity index (χ3n) is 4.39. The number of halogens is 1. The van der Waals surface area contributed by atoms with Crippen LogP contribution in [-0.2, 0) is 6.42 Å². The fourth-order valence-electron chi connectivity index (χ4n) is 3.26. The van der Waals surface area contributed by atoms with Crippen LogP contribution in [0.25, 0.3) is 0 Å². The number of benzene rings is 1. The lowest BCUT2D eigenvalue weighted by Gasteiger charge is -2.29. The smallest absolute Gasteiger partial charge is 0.291 e. The molecule has 0 radical (unpaired) electrons. The van der Waals surface area contributed by atoms with Gasteiger partial charge in [0.15, 0.2) is 5.76 Å². The highest BCUT2D eigenvalue weighted by molar-refractivity contribution is 9.10. The summed E-state index contributed by atoms with van der Waals surface area (Å²) in [6, 6.07) is 7.35. The first-order valence-corrected chi connectivity index (χ1v) is 9.30. The van der Waals surface area contributed by atoms with E-state index in [1.807, 2.05) is 31.2 Å². The van der Waals surface area contributed by atoms with E-state index in [0.29, 0.717) is 18.5 Å². The number of carbonyl (C=O) groups is 1. The predicted molar refractivity (Wildman–Crippen MR) is 110 cm³/mol. The van der Waals surface area contributed by atoms with Crippen LogP contribution in [0.4, 0.5) is 5.69 Å². The van der Waals surface area contributed by atoms with Crippen molar-refractivity contribution in [1.82, 2.24) is 0 Å². The average molecular weight is 432 g/mol. The van der Waals surface area contributed by atoms with E-state index in [-0.39, 0.29) is 23.0 Å². The highest BCUT2D eigenvalue weighted by atomic mass is 79.9. The number of nitrogens with one attached hydrogen (secondary N) is 1. The van der Waals surface area contributed by atoms with Crippen LogP contribution in [0.1, 0.15) is 47.7 Å².